The Kier molecular flexibility index (Phi) is 5.74. The van der Waals surface area contributed by atoms with Crippen molar-refractivity contribution >= 4 is 33.2 Å². The maximum absolute atomic E-state index is 5.93. The summed E-state index contributed by atoms with van der Waals surface area (Å²) in [5, 5.41) is 4.11. The number of hydrogen-bond acceptors (Lipinski definition) is 2. The number of hydrogen-bond donors (Lipinski definition) is 1. The predicted octanol–water partition coefficient (Wildman–Crippen LogP) is 5.50. The predicted molar refractivity (Wildman–Crippen MR) is 88.7 cm³/mol. The van der Waals surface area contributed by atoms with E-state index in [1.165, 1.54) is 5.56 Å². The molecule has 0 aliphatic carbocycles. The molecule has 0 aliphatic heterocycles. The summed E-state index contributed by atoms with van der Waals surface area (Å²) < 4.78 is 6.57. The number of rotatable bonds is 6. The van der Waals surface area contributed by atoms with Crippen molar-refractivity contribution in [2.24, 2.45) is 0 Å². The number of halogens is 2. The summed E-state index contributed by atoms with van der Waals surface area (Å²) in [4.78, 5) is 0. The third-order valence-electron chi connectivity index (χ3n) is 2.83. The Balaban J connectivity index is 1.93. The first-order valence-corrected chi connectivity index (χ1v) is 7.77. The normalized spacial score (nSPS) is 10.3. The van der Waals surface area contributed by atoms with E-state index >= 15 is 0 Å². The van der Waals surface area contributed by atoms with Crippen LogP contribution in [0.3, 0.4) is 0 Å². The second kappa shape index (κ2) is 7.55. The van der Waals surface area contributed by atoms with Gasteiger partial charge in [0.25, 0.3) is 0 Å². The molecule has 20 heavy (non-hydrogen) atoms. The van der Waals surface area contributed by atoms with Gasteiger partial charge in [0, 0.05) is 21.7 Å². The van der Waals surface area contributed by atoms with Crippen LogP contribution in [0.15, 0.2) is 46.9 Å². The molecule has 2 aromatic carbocycles. The fraction of sp³-hybridized carbons (Fsp3) is 0.250. The van der Waals surface area contributed by atoms with Crippen LogP contribution in [-0.2, 0) is 6.54 Å². The SMILES string of the molecule is CCCOc1ccc(NCc2ccc(Cl)cc2Br)cc1. The second-order valence-corrected chi connectivity index (χ2v) is 5.75. The van der Waals surface area contributed by atoms with Gasteiger partial charge in [0.2, 0.25) is 0 Å². The fourth-order valence-electron chi connectivity index (χ4n) is 1.75. The molecule has 1 N–H and O–H groups in total. The van der Waals surface area contributed by atoms with E-state index in [1.54, 1.807) is 0 Å². The van der Waals surface area contributed by atoms with Crippen LogP contribution in [0.25, 0.3) is 0 Å². The van der Waals surface area contributed by atoms with Crippen molar-refractivity contribution in [2.45, 2.75) is 19.9 Å². The summed E-state index contributed by atoms with van der Waals surface area (Å²) in [5.74, 6) is 0.907. The average Bonchev–Trinajstić information content (AvgIpc) is 2.45. The molecule has 106 valence electrons. The molecule has 0 atom stereocenters. The molecule has 0 saturated heterocycles. The van der Waals surface area contributed by atoms with Crippen LogP contribution in [0.4, 0.5) is 5.69 Å². The maximum Gasteiger partial charge on any atom is 0.119 e. The Bertz CT molecular complexity index is 557. The highest BCUT2D eigenvalue weighted by molar-refractivity contribution is 9.10. The van der Waals surface area contributed by atoms with Crippen LogP contribution in [-0.4, -0.2) is 6.61 Å². The van der Waals surface area contributed by atoms with E-state index in [0.29, 0.717) is 0 Å². The monoisotopic (exact) mass is 353 g/mol. The van der Waals surface area contributed by atoms with E-state index in [9.17, 15) is 0 Å². The molecule has 0 amide bonds. The molecule has 0 heterocycles. The first kappa shape index (κ1) is 15.2. The highest BCUT2D eigenvalue weighted by Gasteiger charge is 2.01. The average molecular weight is 355 g/mol. The molecule has 0 unspecified atom stereocenters. The van der Waals surface area contributed by atoms with Crippen LogP contribution in [0.5, 0.6) is 5.75 Å². The van der Waals surface area contributed by atoms with Gasteiger partial charge in [-0.3, -0.25) is 0 Å². The zero-order chi connectivity index (χ0) is 14.4. The molecular formula is C16H17BrClNO. The van der Waals surface area contributed by atoms with Crippen molar-refractivity contribution in [1.29, 1.82) is 0 Å². The number of ether oxygens (including phenoxy) is 1. The van der Waals surface area contributed by atoms with Crippen molar-refractivity contribution in [2.75, 3.05) is 11.9 Å². The lowest BCUT2D eigenvalue weighted by atomic mass is 10.2. The standard InChI is InChI=1S/C16H17BrClNO/c1-2-9-20-15-7-5-14(6-8-15)19-11-12-3-4-13(18)10-16(12)17/h3-8,10,19H,2,9,11H2,1H3. The lowest BCUT2D eigenvalue weighted by Gasteiger charge is -2.10. The molecule has 2 nitrogen and oxygen atoms in total. The van der Waals surface area contributed by atoms with Crippen LogP contribution >= 0.6 is 27.5 Å². The van der Waals surface area contributed by atoms with E-state index in [-0.39, 0.29) is 0 Å². The summed E-state index contributed by atoms with van der Waals surface area (Å²) in [6.07, 6.45) is 1.02. The van der Waals surface area contributed by atoms with E-state index in [2.05, 4.69) is 28.2 Å². The summed E-state index contributed by atoms with van der Waals surface area (Å²) in [7, 11) is 0. The highest BCUT2D eigenvalue weighted by atomic mass is 79.9. The molecule has 0 spiro atoms. The minimum absolute atomic E-state index is 0.734. The zero-order valence-electron chi connectivity index (χ0n) is 11.3. The van der Waals surface area contributed by atoms with E-state index < -0.39 is 0 Å². The number of anilines is 1. The van der Waals surface area contributed by atoms with Gasteiger partial charge in [0.1, 0.15) is 5.75 Å². The first-order chi connectivity index (χ1) is 9.69. The molecular weight excluding hydrogens is 338 g/mol. The second-order valence-electron chi connectivity index (χ2n) is 4.46. The molecule has 0 bridgehead atoms. The minimum Gasteiger partial charge on any atom is -0.494 e. The van der Waals surface area contributed by atoms with Crippen molar-refractivity contribution < 1.29 is 4.74 Å². The third-order valence-corrected chi connectivity index (χ3v) is 3.80. The van der Waals surface area contributed by atoms with Crippen LogP contribution in [0, 0.1) is 0 Å². The molecule has 0 aliphatic rings. The lowest BCUT2D eigenvalue weighted by Crippen LogP contribution is -2.00. The summed E-state index contributed by atoms with van der Waals surface area (Å²) in [5.41, 5.74) is 2.23. The highest BCUT2D eigenvalue weighted by Crippen LogP contribution is 2.23. The van der Waals surface area contributed by atoms with Gasteiger partial charge >= 0.3 is 0 Å². The smallest absolute Gasteiger partial charge is 0.119 e. The van der Waals surface area contributed by atoms with Gasteiger partial charge in [-0.25, -0.2) is 0 Å². The summed E-state index contributed by atoms with van der Waals surface area (Å²) in [6.45, 7) is 3.59. The van der Waals surface area contributed by atoms with Crippen molar-refractivity contribution in [3.05, 3.63) is 57.5 Å². The molecule has 0 radical (unpaired) electrons. The fourth-order valence-corrected chi connectivity index (χ4v) is 2.57. The van der Waals surface area contributed by atoms with Crippen LogP contribution in [0.1, 0.15) is 18.9 Å². The number of nitrogens with one attached hydrogen (secondary N) is 1. The topological polar surface area (TPSA) is 21.3 Å². The van der Waals surface area contributed by atoms with Gasteiger partial charge in [-0.05, 0) is 48.4 Å². The molecule has 0 saturated carbocycles. The largest absolute Gasteiger partial charge is 0.494 e. The summed E-state index contributed by atoms with van der Waals surface area (Å²) in [6, 6.07) is 13.8. The maximum atomic E-state index is 5.93. The van der Waals surface area contributed by atoms with Gasteiger partial charge in [-0.15, -0.1) is 0 Å². The lowest BCUT2D eigenvalue weighted by molar-refractivity contribution is 0.317. The first-order valence-electron chi connectivity index (χ1n) is 6.59. The Labute approximate surface area is 133 Å². The Morgan fingerprint density at radius 3 is 2.55 bits per heavy atom. The van der Waals surface area contributed by atoms with E-state index in [1.807, 2.05) is 42.5 Å². The molecule has 2 rings (SSSR count). The Hall–Kier alpha value is -1.19. The van der Waals surface area contributed by atoms with E-state index in [4.69, 9.17) is 16.3 Å². The quantitative estimate of drug-likeness (QED) is 0.739. The molecule has 0 fully saturated rings. The third kappa shape index (κ3) is 4.43. The minimum atomic E-state index is 0.734. The van der Waals surface area contributed by atoms with Crippen molar-refractivity contribution in [1.82, 2.24) is 0 Å². The van der Waals surface area contributed by atoms with Gasteiger partial charge in [-0.1, -0.05) is 40.5 Å². The molecule has 0 aromatic heterocycles. The molecule has 2 aromatic rings. The van der Waals surface area contributed by atoms with Gasteiger partial charge in [-0.2, -0.15) is 0 Å². The Morgan fingerprint density at radius 1 is 1.15 bits per heavy atom. The van der Waals surface area contributed by atoms with Crippen LogP contribution < -0.4 is 10.1 Å². The van der Waals surface area contributed by atoms with Crippen molar-refractivity contribution in [3.63, 3.8) is 0 Å². The number of benzene rings is 2. The van der Waals surface area contributed by atoms with Gasteiger partial charge in [0.15, 0.2) is 0 Å². The van der Waals surface area contributed by atoms with Crippen molar-refractivity contribution in [3.8, 4) is 5.75 Å². The Morgan fingerprint density at radius 2 is 1.90 bits per heavy atom. The van der Waals surface area contributed by atoms with Crippen LogP contribution in [0.2, 0.25) is 5.02 Å². The zero-order valence-corrected chi connectivity index (χ0v) is 13.7. The van der Waals surface area contributed by atoms with Gasteiger partial charge in [0.05, 0.1) is 6.61 Å². The van der Waals surface area contributed by atoms with Gasteiger partial charge < -0.3 is 10.1 Å². The summed E-state index contributed by atoms with van der Waals surface area (Å²) >= 11 is 9.45. The van der Waals surface area contributed by atoms with E-state index in [0.717, 1.165) is 40.5 Å². The molecule has 4 heteroatoms.